The monoisotopic (exact) mass is 227 g/mol. The number of hydrogen-bond donors (Lipinski definition) is 1. The van der Waals surface area contributed by atoms with E-state index >= 15 is 0 Å². The Morgan fingerprint density at radius 1 is 1.43 bits per heavy atom. The molecule has 1 aliphatic carbocycles. The lowest BCUT2D eigenvalue weighted by atomic mass is 9.63. The number of hydrogen-bond acceptors (Lipinski definition) is 3. The molecule has 0 aromatic heterocycles. The zero-order valence-electron chi connectivity index (χ0n) is 7.37. The van der Waals surface area contributed by atoms with Gasteiger partial charge in [-0.1, -0.05) is 0 Å². The smallest absolute Gasteiger partial charge is 0.246 e. The quantitative estimate of drug-likeness (QED) is 0.742. The summed E-state index contributed by atoms with van der Waals surface area (Å²) in [4.78, 5) is 0. The lowest BCUT2D eigenvalue weighted by Crippen LogP contribution is -2.52. The van der Waals surface area contributed by atoms with Crippen molar-refractivity contribution in [2.75, 3.05) is 12.4 Å². The normalized spacial score (nSPS) is 41.4. The minimum Gasteiger partial charge on any atom is -0.373 e. The molecule has 4 nitrogen and oxygen atoms in total. The number of alkyl halides is 2. The van der Waals surface area contributed by atoms with Gasteiger partial charge in [0.15, 0.2) is 0 Å². The Bertz CT molecular complexity index is 348. The molecule has 82 valence electrons. The lowest BCUT2D eigenvalue weighted by Gasteiger charge is -2.43. The second kappa shape index (κ2) is 2.65. The molecule has 2 bridgehead atoms. The maximum atomic E-state index is 12.5. The highest BCUT2D eigenvalue weighted by molar-refractivity contribution is 7.89. The first-order valence-corrected chi connectivity index (χ1v) is 5.91. The summed E-state index contributed by atoms with van der Waals surface area (Å²) in [5.41, 5.74) is -2.03. The maximum Gasteiger partial charge on any atom is 0.246 e. The topological polar surface area (TPSA) is 69.4 Å². The number of ether oxygens (including phenoxy) is 1. The van der Waals surface area contributed by atoms with Gasteiger partial charge in [-0.2, -0.15) is 0 Å². The highest BCUT2D eigenvalue weighted by atomic mass is 32.2. The van der Waals surface area contributed by atoms with Crippen LogP contribution in [0.3, 0.4) is 0 Å². The van der Waals surface area contributed by atoms with Crippen LogP contribution in [0.15, 0.2) is 0 Å². The van der Waals surface area contributed by atoms with Crippen LogP contribution < -0.4 is 5.14 Å². The third-order valence-corrected chi connectivity index (χ3v) is 3.87. The van der Waals surface area contributed by atoms with Crippen LogP contribution >= 0.6 is 0 Å². The summed E-state index contributed by atoms with van der Waals surface area (Å²) < 4.78 is 51.7. The molecule has 2 N–H and O–H groups in total. The van der Waals surface area contributed by atoms with Gasteiger partial charge in [-0.05, 0) is 12.8 Å². The van der Waals surface area contributed by atoms with Crippen LogP contribution in [0.4, 0.5) is 8.78 Å². The SMILES string of the molecule is NS(=O)(=O)CC12CC(C(F)F)(CO1)C2. The number of sulfonamides is 1. The van der Waals surface area contributed by atoms with E-state index in [0.717, 1.165) is 0 Å². The Kier molecular flexibility index (Phi) is 1.94. The molecule has 3 rings (SSSR count). The largest absolute Gasteiger partial charge is 0.373 e. The zero-order chi connectivity index (χ0) is 10.6. The van der Waals surface area contributed by atoms with Gasteiger partial charge >= 0.3 is 0 Å². The van der Waals surface area contributed by atoms with Crippen LogP contribution in [0.2, 0.25) is 0 Å². The summed E-state index contributed by atoms with van der Waals surface area (Å²) in [6.07, 6.45) is -2.24. The molecule has 2 aliphatic heterocycles. The van der Waals surface area contributed by atoms with E-state index in [2.05, 4.69) is 0 Å². The van der Waals surface area contributed by atoms with E-state index in [0.29, 0.717) is 0 Å². The number of primary sulfonamides is 1. The molecule has 1 saturated carbocycles. The average Bonchev–Trinajstić information content (AvgIpc) is 2.37. The van der Waals surface area contributed by atoms with Gasteiger partial charge in [0.1, 0.15) is 0 Å². The first-order valence-electron chi connectivity index (χ1n) is 4.20. The highest BCUT2D eigenvalue weighted by Crippen LogP contribution is 2.60. The van der Waals surface area contributed by atoms with Gasteiger partial charge in [-0.3, -0.25) is 0 Å². The Morgan fingerprint density at radius 3 is 2.36 bits per heavy atom. The first-order chi connectivity index (χ1) is 6.27. The molecule has 14 heavy (non-hydrogen) atoms. The van der Waals surface area contributed by atoms with E-state index in [1.165, 1.54) is 0 Å². The number of nitrogens with two attached hydrogens (primary N) is 1. The van der Waals surface area contributed by atoms with Crippen molar-refractivity contribution in [1.29, 1.82) is 0 Å². The Morgan fingerprint density at radius 2 is 2.00 bits per heavy atom. The van der Waals surface area contributed by atoms with Gasteiger partial charge in [0.25, 0.3) is 0 Å². The summed E-state index contributed by atoms with van der Waals surface area (Å²) in [7, 11) is -3.65. The number of fused-ring (bicyclic) bond motifs is 1. The van der Waals surface area contributed by atoms with Crippen LogP contribution in [0, 0.1) is 5.41 Å². The summed E-state index contributed by atoms with van der Waals surface area (Å²) in [5.74, 6) is -0.353. The van der Waals surface area contributed by atoms with Crippen LogP contribution in [-0.2, 0) is 14.8 Å². The molecule has 0 aromatic rings. The molecule has 0 aromatic carbocycles. The fraction of sp³-hybridized carbons (Fsp3) is 1.00. The third-order valence-electron chi connectivity index (χ3n) is 2.94. The second-order valence-corrected chi connectivity index (χ2v) is 5.91. The Hall–Kier alpha value is -0.270. The van der Waals surface area contributed by atoms with Gasteiger partial charge in [0.05, 0.1) is 23.4 Å². The molecular weight excluding hydrogens is 216 g/mol. The van der Waals surface area contributed by atoms with Crippen molar-refractivity contribution in [3.05, 3.63) is 0 Å². The number of halogens is 2. The van der Waals surface area contributed by atoms with Gasteiger partial charge in [0.2, 0.25) is 16.4 Å². The van der Waals surface area contributed by atoms with E-state index in [4.69, 9.17) is 9.88 Å². The third kappa shape index (κ3) is 1.43. The predicted octanol–water partition coefficient (Wildman–Crippen LogP) is 0.0892. The van der Waals surface area contributed by atoms with Gasteiger partial charge in [0, 0.05) is 0 Å². The van der Waals surface area contributed by atoms with Crippen molar-refractivity contribution in [2.45, 2.75) is 24.9 Å². The lowest BCUT2D eigenvalue weighted by molar-refractivity contribution is -0.0639. The van der Waals surface area contributed by atoms with E-state index in [-0.39, 0.29) is 25.2 Å². The van der Waals surface area contributed by atoms with Crippen molar-refractivity contribution in [3.8, 4) is 0 Å². The van der Waals surface area contributed by atoms with E-state index in [9.17, 15) is 17.2 Å². The van der Waals surface area contributed by atoms with Crippen molar-refractivity contribution in [3.63, 3.8) is 0 Å². The highest BCUT2D eigenvalue weighted by Gasteiger charge is 2.67. The molecule has 2 heterocycles. The summed E-state index contributed by atoms with van der Waals surface area (Å²) in [5, 5.41) is 4.85. The van der Waals surface area contributed by atoms with Crippen LogP contribution in [0.25, 0.3) is 0 Å². The van der Waals surface area contributed by atoms with Crippen LogP contribution in [0.1, 0.15) is 12.8 Å². The van der Waals surface area contributed by atoms with Crippen molar-refractivity contribution < 1.29 is 21.9 Å². The fourth-order valence-corrected chi connectivity index (χ4v) is 3.48. The standard InChI is InChI=1S/C7H11F2NO3S/c8-5(9)6-1-7(2-6,13-3-6)4-14(10,11)12/h5H,1-4H2,(H2,10,11,12). The minimum absolute atomic E-state index is 0.0554. The molecule has 3 fully saturated rings. The molecule has 0 amide bonds. The maximum absolute atomic E-state index is 12.5. The molecule has 7 heteroatoms. The Labute approximate surface area is 80.5 Å². The molecule has 3 aliphatic rings. The summed E-state index contributed by atoms with van der Waals surface area (Å²) in [6.45, 7) is -0.0554. The first kappa shape index (κ1) is 10.3. The van der Waals surface area contributed by atoms with Crippen LogP contribution in [0.5, 0.6) is 0 Å². The minimum atomic E-state index is -3.65. The summed E-state index contributed by atoms with van der Waals surface area (Å²) in [6, 6.07) is 0. The van der Waals surface area contributed by atoms with Crippen molar-refractivity contribution >= 4 is 10.0 Å². The zero-order valence-corrected chi connectivity index (χ0v) is 8.19. The van der Waals surface area contributed by atoms with E-state index in [1.807, 2.05) is 0 Å². The van der Waals surface area contributed by atoms with E-state index in [1.54, 1.807) is 0 Å². The van der Waals surface area contributed by atoms with Gasteiger partial charge in [-0.15, -0.1) is 0 Å². The molecule has 0 spiro atoms. The summed E-state index contributed by atoms with van der Waals surface area (Å²) >= 11 is 0. The molecule has 0 unspecified atom stereocenters. The Balaban J connectivity index is 2.08. The molecule has 2 saturated heterocycles. The predicted molar refractivity (Wildman–Crippen MR) is 44.3 cm³/mol. The van der Waals surface area contributed by atoms with Gasteiger partial charge in [-0.25, -0.2) is 22.3 Å². The van der Waals surface area contributed by atoms with Crippen LogP contribution in [-0.4, -0.2) is 32.8 Å². The molecular formula is C7H11F2NO3S. The average molecular weight is 227 g/mol. The van der Waals surface area contributed by atoms with Crippen molar-refractivity contribution in [1.82, 2.24) is 0 Å². The van der Waals surface area contributed by atoms with Crippen molar-refractivity contribution in [2.24, 2.45) is 10.6 Å². The molecule has 0 atom stereocenters. The second-order valence-electron chi connectivity index (χ2n) is 4.30. The fourth-order valence-electron chi connectivity index (χ4n) is 2.46. The van der Waals surface area contributed by atoms with Gasteiger partial charge < -0.3 is 4.74 Å². The number of rotatable bonds is 3. The van der Waals surface area contributed by atoms with E-state index < -0.39 is 27.5 Å². The molecule has 0 radical (unpaired) electrons.